The fourth-order valence-electron chi connectivity index (χ4n) is 1.78. The molecule has 0 spiro atoms. The average molecular weight is 363 g/mol. The molecule has 0 bridgehead atoms. The molecule has 1 amide bonds. The summed E-state index contributed by atoms with van der Waals surface area (Å²) in [6.45, 7) is 5.08. The first kappa shape index (κ1) is 16.4. The monoisotopic (exact) mass is 362 g/mol. The fourth-order valence-corrected chi connectivity index (χ4v) is 2.04. The minimum atomic E-state index is -0.112. The average Bonchev–Trinajstić information content (AvgIpc) is 2.49. The lowest BCUT2D eigenvalue weighted by molar-refractivity contribution is -0.115. The van der Waals surface area contributed by atoms with Crippen molar-refractivity contribution < 1.29 is 4.79 Å². The summed E-state index contributed by atoms with van der Waals surface area (Å²) in [7, 11) is 0. The Morgan fingerprint density at radius 2 is 1.73 bits per heavy atom. The van der Waals surface area contributed by atoms with Crippen molar-refractivity contribution in [3.8, 4) is 0 Å². The van der Waals surface area contributed by atoms with Gasteiger partial charge in [-0.3, -0.25) is 4.79 Å². The molecule has 2 N–H and O–H groups in total. The molecule has 0 saturated heterocycles. The summed E-state index contributed by atoms with van der Waals surface area (Å²) in [4.78, 5) is 12.0. The van der Waals surface area contributed by atoms with E-state index < -0.39 is 0 Å². The van der Waals surface area contributed by atoms with Crippen LogP contribution in [0.2, 0.25) is 0 Å². The van der Waals surface area contributed by atoms with E-state index >= 15 is 0 Å². The van der Waals surface area contributed by atoms with E-state index in [2.05, 4.69) is 50.6 Å². The van der Waals surface area contributed by atoms with Crippen LogP contribution >= 0.6 is 15.9 Å². The molecular formula is C16H19BrN4O. The van der Waals surface area contributed by atoms with Gasteiger partial charge in [0.1, 0.15) is 5.82 Å². The molecule has 6 heteroatoms. The molecule has 1 aromatic heterocycles. The Bertz CT molecular complexity index is 611. The maximum atomic E-state index is 12.0. The van der Waals surface area contributed by atoms with Gasteiger partial charge in [0.25, 0.3) is 0 Å². The predicted octanol–water partition coefficient (Wildman–Crippen LogP) is 3.49. The number of halogens is 1. The smallest absolute Gasteiger partial charge is 0.229 e. The standard InChI is InChI=1S/C16H19BrN4O/c1-11(2)10-18-14-7-8-15(21-20-14)19-16(22)9-12-3-5-13(17)6-4-12/h3-8,11H,9-10H2,1-2H3,(H,18,20)(H,19,21,22). The minimum absolute atomic E-state index is 0.112. The van der Waals surface area contributed by atoms with Crippen LogP contribution in [0.4, 0.5) is 11.6 Å². The van der Waals surface area contributed by atoms with Gasteiger partial charge in [0.15, 0.2) is 5.82 Å². The number of benzene rings is 1. The van der Waals surface area contributed by atoms with Gasteiger partial charge in [-0.05, 0) is 35.7 Å². The Hall–Kier alpha value is -1.95. The van der Waals surface area contributed by atoms with Crippen LogP contribution in [0, 0.1) is 5.92 Å². The van der Waals surface area contributed by atoms with Crippen molar-refractivity contribution in [3.63, 3.8) is 0 Å². The summed E-state index contributed by atoms with van der Waals surface area (Å²) in [6.07, 6.45) is 0.308. The van der Waals surface area contributed by atoms with Crippen molar-refractivity contribution in [1.29, 1.82) is 0 Å². The molecule has 0 saturated carbocycles. The molecule has 0 fully saturated rings. The molecule has 0 aliphatic heterocycles. The molecule has 2 aromatic rings. The van der Waals surface area contributed by atoms with Crippen molar-refractivity contribution in [3.05, 3.63) is 46.4 Å². The Kier molecular flexibility index (Phi) is 5.89. The van der Waals surface area contributed by atoms with E-state index in [4.69, 9.17) is 0 Å². The van der Waals surface area contributed by atoms with Crippen LogP contribution < -0.4 is 10.6 Å². The van der Waals surface area contributed by atoms with Gasteiger partial charge in [-0.2, -0.15) is 0 Å². The van der Waals surface area contributed by atoms with Crippen molar-refractivity contribution in [2.24, 2.45) is 5.92 Å². The molecule has 0 unspecified atom stereocenters. The molecule has 0 atom stereocenters. The number of rotatable bonds is 6. The first-order chi connectivity index (χ1) is 10.5. The number of nitrogens with zero attached hydrogens (tertiary/aromatic N) is 2. The van der Waals surface area contributed by atoms with E-state index in [0.29, 0.717) is 24.0 Å². The fraction of sp³-hybridized carbons (Fsp3) is 0.312. The van der Waals surface area contributed by atoms with E-state index in [-0.39, 0.29) is 5.91 Å². The zero-order valence-corrected chi connectivity index (χ0v) is 14.2. The van der Waals surface area contributed by atoms with E-state index in [0.717, 1.165) is 16.6 Å². The van der Waals surface area contributed by atoms with Crippen molar-refractivity contribution in [2.45, 2.75) is 20.3 Å². The third-order valence-electron chi connectivity index (χ3n) is 2.90. The van der Waals surface area contributed by atoms with Gasteiger partial charge >= 0.3 is 0 Å². The summed E-state index contributed by atoms with van der Waals surface area (Å²) in [6, 6.07) is 11.2. The van der Waals surface area contributed by atoms with Gasteiger partial charge in [-0.1, -0.05) is 41.9 Å². The van der Waals surface area contributed by atoms with Crippen LogP contribution in [0.25, 0.3) is 0 Å². The van der Waals surface area contributed by atoms with Gasteiger partial charge < -0.3 is 10.6 Å². The second-order valence-corrected chi connectivity index (χ2v) is 6.35. The summed E-state index contributed by atoms with van der Waals surface area (Å²) < 4.78 is 0.993. The lowest BCUT2D eigenvalue weighted by Gasteiger charge is -2.08. The lowest BCUT2D eigenvalue weighted by Crippen LogP contribution is -2.16. The van der Waals surface area contributed by atoms with Crippen molar-refractivity contribution in [2.75, 3.05) is 17.2 Å². The molecule has 1 aromatic carbocycles. The Labute approximate surface area is 138 Å². The number of carbonyl (C=O) groups is 1. The number of anilines is 2. The minimum Gasteiger partial charge on any atom is -0.368 e. The second kappa shape index (κ2) is 7.89. The number of hydrogen-bond acceptors (Lipinski definition) is 4. The number of hydrogen-bond donors (Lipinski definition) is 2. The number of aromatic nitrogens is 2. The molecule has 0 radical (unpaired) electrons. The van der Waals surface area contributed by atoms with Gasteiger partial charge in [0, 0.05) is 11.0 Å². The van der Waals surface area contributed by atoms with Crippen LogP contribution in [0.5, 0.6) is 0 Å². The summed E-state index contributed by atoms with van der Waals surface area (Å²) in [5.74, 6) is 1.59. The zero-order valence-electron chi connectivity index (χ0n) is 12.6. The topological polar surface area (TPSA) is 66.9 Å². The maximum Gasteiger partial charge on any atom is 0.229 e. The van der Waals surface area contributed by atoms with E-state index in [9.17, 15) is 4.79 Å². The van der Waals surface area contributed by atoms with E-state index in [1.165, 1.54) is 0 Å². The normalized spacial score (nSPS) is 10.5. The number of carbonyl (C=O) groups excluding carboxylic acids is 1. The first-order valence-electron chi connectivity index (χ1n) is 7.15. The SMILES string of the molecule is CC(C)CNc1ccc(NC(=O)Cc2ccc(Br)cc2)nn1. The van der Waals surface area contributed by atoms with Crippen molar-refractivity contribution in [1.82, 2.24) is 10.2 Å². The Morgan fingerprint density at radius 1 is 1.09 bits per heavy atom. The van der Waals surface area contributed by atoms with Crippen molar-refractivity contribution >= 4 is 33.5 Å². The largest absolute Gasteiger partial charge is 0.368 e. The third-order valence-corrected chi connectivity index (χ3v) is 3.43. The Morgan fingerprint density at radius 3 is 2.32 bits per heavy atom. The maximum absolute atomic E-state index is 12.0. The highest BCUT2D eigenvalue weighted by Crippen LogP contribution is 2.12. The van der Waals surface area contributed by atoms with E-state index in [1.54, 1.807) is 6.07 Å². The first-order valence-corrected chi connectivity index (χ1v) is 7.94. The predicted molar refractivity (Wildman–Crippen MR) is 91.8 cm³/mol. The molecule has 22 heavy (non-hydrogen) atoms. The third kappa shape index (κ3) is 5.44. The van der Waals surface area contributed by atoms with Crippen LogP contribution in [0.3, 0.4) is 0 Å². The quantitative estimate of drug-likeness (QED) is 0.825. The van der Waals surface area contributed by atoms with Gasteiger partial charge in [0.2, 0.25) is 5.91 Å². The second-order valence-electron chi connectivity index (χ2n) is 5.43. The van der Waals surface area contributed by atoms with Crippen LogP contribution in [-0.4, -0.2) is 22.6 Å². The zero-order chi connectivity index (χ0) is 15.9. The van der Waals surface area contributed by atoms with Gasteiger partial charge in [0.05, 0.1) is 6.42 Å². The van der Waals surface area contributed by atoms with Crippen LogP contribution in [-0.2, 0) is 11.2 Å². The molecule has 0 aliphatic carbocycles. The van der Waals surface area contributed by atoms with Crippen LogP contribution in [0.15, 0.2) is 40.9 Å². The number of nitrogens with one attached hydrogen (secondary N) is 2. The lowest BCUT2D eigenvalue weighted by atomic mass is 10.1. The number of amides is 1. The summed E-state index contributed by atoms with van der Waals surface area (Å²) in [5, 5.41) is 14.0. The Balaban J connectivity index is 1.87. The highest BCUT2D eigenvalue weighted by atomic mass is 79.9. The molecule has 5 nitrogen and oxygen atoms in total. The van der Waals surface area contributed by atoms with Gasteiger partial charge in [-0.15, -0.1) is 10.2 Å². The molecule has 0 aliphatic rings. The highest BCUT2D eigenvalue weighted by Gasteiger charge is 2.06. The summed E-state index contributed by atoms with van der Waals surface area (Å²) >= 11 is 3.37. The summed E-state index contributed by atoms with van der Waals surface area (Å²) in [5.41, 5.74) is 0.948. The molecule has 1 heterocycles. The van der Waals surface area contributed by atoms with E-state index in [1.807, 2.05) is 30.3 Å². The van der Waals surface area contributed by atoms with Gasteiger partial charge in [-0.25, -0.2) is 0 Å². The highest BCUT2D eigenvalue weighted by molar-refractivity contribution is 9.10. The molecular weight excluding hydrogens is 344 g/mol. The molecule has 116 valence electrons. The molecule has 2 rings (SSSR count). The van der Waals surface area contributed by atoms with Crippen LogP contribution in [0.1, 0.15) is 19.4 Å².